The van der Waals surface area contributed by atoms with E-state index in [4.69, 9.17) is 16.3 Å². The van der Waals surface area contributed by atoms with Crippen molar-refractivity contribution in [3.8, 4) is 5.75 Å². The van der Waals surface area contributed by atoms with E-state index in [-0.39, 0.29) is 24.8 Å². The minimum absolute atomic E-state index is 0.156. The van der Waals surface area contributed by atoms with E-state index in [2.05, 4.69) is 10.3 Å². The van der Waals surface area contributed by atoms with Crippen LogP contribution in [0, 0.1) is 0 Å². The van der Waals surface area contributed by atoms with Crippen molar-refractivity contribution < 1.29 is 14.3 Å². The number of nitrogens with zero attached hydrogens (tertiary/aromatic N) is 2. The lowest BCUT2D eigenvalue weighted by Gasteiger charge is -2.23. The fraction of sp³-hybridized carbons (Fsp3) is 0.278. The van der Waals surface area contributed by atoms with Crippen LogP contribution in [0.4, 0.5) is 5.69 Å². The summed E-state index contributed by atoms with van der Waals surface area (Å²) in [4.78, 5) is 29.5. The van der Waals surface area contributed by atoms with Gasteiger partial charge < -0.3 is 15.0 Å². The summed E-state index contributed by atoms with van der Waals surface area (Å²) in [7, 11) is 1.52. The first-order valence-corrected chi connectivity index (χ1v) is 8.16. The van der Waals surface area contributed by atoms with E-state index < -0.39 is 0 Å². The first-order valence-electron chi connectivity index (χ1n) is 7.78. The van der Waals surface area contributed by atoms with Crippen molar-refractivity contribution in [1.29, 1.82) is 0 Å². The highest BCUT2D eigenvalue weighted by Gasteiger charge is 2.18. The smallest absolute Gasteiger partial charge is 0.223 e. The molecule has 0 unspecified atom stereocenters. The van der Waals surface area contributed by atoms with Gasteiger partial charge in [0.05, 0.1) is 12.8 Å². The minimum Gasteiger partial charge on any atom is -0.495 e. The number of rotatable bonds is 7. The molecule has 6 nitrogen and oxygen atoms in total. The summed E-state index contributed by atoms with van der Waals surface area (Å²) in [5.41, 5.74) is 1.46. The van der Waals surface area contributed by atoms with Gasteiger partial charge in [-0.2, -0.15) is 0 Å². The number of methoxy groups -OCH3 is 1. The molecule has 1 aromatic carbocycles. The molecule has 0 spiro atoms. The summed E-state index contributed by atoms with van der Waals surface area (Å²) >= 11 is 6.02. The highest BCUT2D eigenvalue weighted by atomic mass is 35.5. The summed E-state index contributed by atoms with van der Waals surface area (Å²) in [5, 5.41) is 3.30. The average molecular weight is 362 g/mol. The van der Waals surface area contributed by atoms with E-state index >= 15 is 0 Å². The molecule has 2 amide bonds. The quantitative estimate of drug-likeness (QED) is 0.823. The summed E-state index contributed by atoms with van der Waals surface area (Å²) in [6.07, 6.45) is 3.53. The van der Waals surface area contributed by atoms with Crippen LogP contribution in [0.5, 0.6) is 5.75 Å². The molecule has 1 aromatic heterocycles. The van der Waals surface area contributed by atoms with Crippen molar-refractivity contribution in [1.82, 2.24) is 10.3 Å². The third kappa shape index (κ3) is 5.46. The van der Waals surface area contributed by atoms with E-state index in [1.807, 2.05) is 12.1 Å². The Bertz CT molecular complexity index is 738. The van der Waals surface area contributed by atoms with Gasteiger partial charge in [0.1, 0.15) is 5.75 Å². The summed E-state index contributed by atoms with van der Waals surface area (Å²) in [6, 6.07) is 8.71. The number of hydrogen-bond acceptors (Lipinski definition) is 4. The van der Waals surface area contributed by atoms with E-state index in [1.165, 1.54) is 18.9 Å². The van der Waals surface area contributed by atoms with Crippen LogP contribution in [0.3, 0.4) is 0 Å². The van der Waals surface area contributed by atoms with Gasteiger partial charge in [-0.25, -0.2) is 0 Å². The number of halogens is 1. The molecular formula is C18H20ClN3O3. The molecule has 0 saturated heterocycles. The SMILES string of the molecule is COc1ccc(Cl)cc1N(CCC(=O)NCc1cccnc1)C(C)=O. The number of hydrogen-bond donors (Lipinski definition) is 1. The molecule has 2 aromatic rings. The van der Waals surface area contributed by atoms with Crippen LogP contribution in [0.2, 0.25) is 5.02 Å². The zero-order valence-electron chi connectivity index (χ0n) is 14.2. The van der Waals surface area contributed by atoms with Crippen LogP contribution >= 0.6 is 11.6 Å². The normalized spacial score (nSPS) is 10.2. The first-order chi connectivity index (χ1) is 12.0. The minimum atomic E-state index is -0.194. The Labute approximate surface area is 151 Å². The number of carbonyl (C=O) groups excluding carboxylic acids is 2. The Morgan fingerprint density at radius 3 is 2.76 bits per heavy atom. The number of aromatic nitrogens is 1. The van der Waals surface area contributed by atoms with Crippen LogP contribution in [0.15, 0.2) is 42.7 Å². The second-order valence-electron chi connectivity index (χ2n) is 5.37. The molecule has 1 heterocycles. The highest BCUT2D eigenvalue weighted by Crippen LogP contribution is 2.31. The molecule has 132 valence electrons. The van der Waals surface area contributed by atoms with Crippen LogP contribution in [0.1, 0.15) is 18.9 Å². The molecule has 0 fully saturated rings. The molecule has 1 N–H and O–H groups in total. The number of benzene rings is 1. The molecule has 0 radical (unpaired) electrons. The van der Waals surface area contributed by atoms with Crippen molar-refractivity contribution in [3.05, 3.63) is 53.3 Å². The van der Waals surface area contributed by atoms with Gasteiger partial charge in [-0.1, -0.05) is 17.7 Å². The van der Waals surface area contributed by atoms with Gasteiger partial charge in [-0.15, -0.1) is 0 Å². The topological polar surface area (TPSA) is 71.5 Å². The molecule has 0 saturated carbocycles. The molecule has 0 aliphatic heterocycles. The average Bonchev–Trinajstić information content (AvgIpc) is 2.61. The van der Waals surface area contributed by atoms with Gasteiger partial charge in [0.25, 0.3) is 0 Å². The maximum atomic E-state index is 12.1. The maximum absolute atomic E-state index is 12.1. The zero-order valence-corrected chi connectivity index (χ0v) is 14.9. The van der Waals surface area contributed by atoms with Gasteiger partial charge in [-0.05, 0) is 29.8 Å². The van der Waals surface area contributed by atoms with Crippen molar-refractivity contribution in [2.45, 2.75) is 19.9 Å². The lowest BCUT2D eigenvalue weighted by molar-refractivity contribution is -0.121. The van der Waals surface area contributed by atoms with Crippen molar-refractivity contribution in [2.75, 3.05) is 18.6 Å². The molecule has 0 atom stereocenters. The molecular weight excluding hydrogens is 342 g/mol. The lowest BCUT2D eigenvalue weighted by atomic mass is 10.2. The van der Waals surface area contributed by atoms with Crippen LogP contribution in [0.25, 0.3) is 0 Å². The number of anilines is 1. The van der Waals surface area contributed by atoms with E-state index in [9.17, 15) is 9.59 Å². The van der Waals surface area contributed by atoms with Gasteiger partial charge in [0, 0.05) is 43.9 Å². The Hall–Kier alpha value is -2.60. The van der Waals surface area contributed by atoms with Crippen LogP contribution in [-0.2, 0) is 16.1 Å². The second-order valence-corrected chi connectivity index (χ2v) is 5.81. The number of amides is 2. The predicted octanol–water partition coefficient (Wildman–Crippen LogP) is 2.80. The van der Waals surface area contributed by atoms with E-state index in [1.54, 1.807) is 30.6 Å². The van der Waals surface area contributed by atoms with Gasteiger partial charge in [0.15, 0.2) is 0 Å². The number of ether oxygens (including phenoxy) is 1. The zero-order chi connectivity index (χ0) is 18.2. The molecule has 0 bridgehead atoms. The number of carbonyl (C=O) groups is 2. The standard InChI is InChI=1S/C18H20ClN3O3/c1-13(23)22(16-10-15(19)5-6-17(16)25-2)9-7-18(24)21-12-14-4-3-8-20-11-14/h3-6,8,10-11H,7,9,12H2,1-2H3,(H,21,24). The third-order valence-corrected chi connectivity index (χ3v) is 3.82. The predicted molar refractivity (Wildman–Crippen MR) is 96.7 cm³/mol. The number of nitrogens with one attached hydrogen (secondary N) is 1. The fourth-order valence-electron chi connectivity index (χ4n) is 2.33. The Morgan fingerprint density at radius 2 is 2.12 bits per heavy atom. The van der Waals surface area contributed by atoms with Crippen molar-refractivity contribution in [3.63, 3.8) is 0 Å². The van der Waals surface area contributed by atoms with E-state index in [0.29, 0.717) is 23.0 Å². The molecule has 0 aliphatic carbocycles. The molecule has 0 aliphatic rings. The van der Waals surface area contributed by atoms with Crippen molar-refractivity contribution >= 4 is 29.1 Å². The molecule has 7 heteroatoms. The maximum Gasteiger partial charge on any atom is 0.223 e. The van der Waals surface area contributed by atoms with Crippen molar-refractivity contribution in [2.24, 2.45) is 0 Å². The van der Waals surface area contributed by atoms with Gasteiger partial charge >= 0.3 is 0 Å². The monoisotopic (exact) mass is 361 g/mol. The summed E-state index contributed by atoms with van der Waals surface area (Å²) in [5.74, 6) is 0.173. The summed E-state index contributed by atoms with van der Waals surface area (Å²) in [6.45, 7) is 2.06. The number of pyridine rings is 1. The summed E-state index contributed by atoms with van der Waals surface area (Å²) < 4.78 is 5.28. The fourth-order valence-corrected chi connectivity index (χ4v) is 2.49. The Morgan fingerprint density at radius 1 is 1.32 bits per heavy atom. The Kier molecular flexibility index (Phi) is 6.77. The van der Waals surface area contributed by atoms with Crippen LogP contribution in [-0.4, -0.2) is 30.5 Å². The lowest BCUT2D eigenvalue weighted by Crippen LogP contribution is -2.34. The van der Waals surface area contributed by atoms with E-state index in [0.717, 1.165) is 5.56 Å². The largest absolute Gasteiger partial charge is 0.495 e. The van der Waals surface area contributed by atoms with Crippen LogP contribution < -0.4 is 15.0 Å². The van der Waals surface area contributed by atoms with Gasteiger partial charge in [-0.3, -0.25) is 14.6 Å². The third-order valence-electron chi connectivity index (χ3n) is 3.59. The highest BCUT2D eigenvalue weighted by molar-refractivity contribution is 6.31. The molecule has 2 rings (SSSR count). The first kappa shape index (κ1) is 18.7. The second kappa shape index (κ2) is 9.03. The Balaban J connectivity index is 1.99. The molecule has 25 heavy (non-hydrogen) atoms. The van der Waals surface area contributed by atoms with Gasteiger partial charge in [0.2, 0.25) is 11.8 Å².